The van der Waals surface area contributed by atoms with E-state index >= 15 is 0 Å². The van der Waals surface area contributed by atoms with Gasteiger partial charge in [0.1, 0.15) is 0 Å². The van der Waals surface area contributed by atoms with Crippen molar-refractivity contribution in [2.75, 3.05) is 32.6 Å². The summed E-state index contributed by atoms with van der Waals surface area (Å²) in [5, 5.41) is 2.86. The van der Waals surface area contributed by atoms with E-state index in [2.05, 4.69) is 5.32 Å². The van der Waals surface area contributed by atoms with Crippen LogP contribution in [0.1, 0.15) is 23.6 Å². The molecule has 2 amide bonds. The Balaban J connectivity index is 1.97. The maximum Gasteiger partial charge on any atom is 0.246 e. The Bertz CT molecular complexity index is 906. The Morgan fingerprint density at radius 1 is 1.10 bits per heavy atom. The summed E-state index contributed by atoms with van der Waals surface area (Å²) < 4.78 is 10.8. The first-order valence-electron chi connectivity index (χ1n) is 9.45. The predicted octanol–water partition coefficient (Wildman–Crippen LogP) is 3.82. The average Bonchev–Trinajstić information content (AvgIpc) is 2.69. The molecule has 6 nitrogen and oxygen atoms in total. The quantitative estimate of drug-likeness (QED) is 0.689. The highest BCUT2D eigenvalue weighted by Gasteiger charge is 2.12. The average molecular weight is 396 g/mol. The van der Waals surface area contributed by atoms with E-state index in [-0.39, 0.29) is 18.4 Å². The van der Waals surface area contributed by atoms with Crippen LogP contribution in [-0.4, -0.2) is 44.0 Å². The maximum absolute atomic E-state index is 12.4. The second kappa shape index (κ2) is 10.3. The summed E-state index contributed by atoms with van der Waals surface area (Å²) in [6.45, 7) is 6.30. The second-order valence-corrected chi connectivity index (χ2v) is 6.74. The standard InChI is InChI=1S/C23H28N2O4/c1-6-29-20-11-9-18(14-21(20)28-5)10-12-23(27)25(4)15-22(26)24-19-13-16(2)7-8-17(19)3/h7-14H,6,15H2,1-5H3,(H,24,26)/b12-10+. The fraction of sp³-hybridized carbons (Fsp3) is 0.304. The number of carbonyl (C=O) groups excluding carboxylic acids is 2. The van der Waals surface area contributed by atoms with Crippen molar-refractivity contribution in [2.45, 2.75) is 20.8 Å². The molecule has 2 aromatic carbocycles. The highest BCUT2D eigenvalue weighted by atomic mass is 16.5. The molecular weight excluding hydrogens is 368 g/mol. The van der Waals surface area contributed by atoms with Gasteiger partial charge in [0.25, 0.3) is 0 Å². The summed E-state index contributed by atoms with van der Waals surface area (Å²) in [6, 6.07) is 11.3. The van der Waals surface area contributed by atoms with Gasteiger partial charge in [0.2, 0.25) is 11.8 Å². The van der Waals surface area contributed by atoms with Crippen molar-refractivity contribution >= 4 is 23.6 Å². The maximum atomic E-state index is 12.4. The zero-order valence-electron chi connectivity index (χ0n) is 17.6. The normalized spacial score (nSPS) is 10.7. The fourth-order valence-electron chi connectivity index (χ4n) is 2.71. The molecule has 6 heteroatoms. The minimum absolute atomic E-state index is 0.0385. The number of methoxy groups -OCH3 is 1. The molecule has 0 bridgehead atoms. The van der Waals surface area contributed by atoms with E-state index in [1.807, 2.05) is 45.0 Å². The summed E-state index contributed by atoms with van der Waals surface area (Å²) in [4.78, 5) is 26.0. The summed E-state index contributed by atoms with van der Waals surface area (Å²) >= 11 is 0. The number of hydrogen-bond acceptors (Lipinski definition) is 4. The number of carbonyl (C=O) groups is 2. The molecule has 0 spiro atoms. The molecule has 1 N–H and O–H groups in total. The Morgan fingerprint density at radius 2 is 1.86 bits per heavy atom. The van der Waals surface area contributed by atoms with Crippen LogP contribution in [0.5, 0.6) is 11.5 Å². The molecule has 0 heterocycles. The lowest BCUT2D eigenvalue weighted by Gasteiger charge is -2.16. The minimum atomic E-state index is -0.269. The summed E-state index contributed by atoms with van der Waals surface area (Å²) in [5.74, 6) is 0.737. The molecule has 0 aliphatic carbocycles. The Morgan fingerprint density at radius 3 is 2.55 bits per heavy atom. The molecule has 0 atom stereocenters. The number of hydrogen-bond donors (Lipinski definition) is 1. The van der Waals surface area contributed by atoms with E-state index < -0.39 is 0 Å². The van der Waals surface area contributed by atoms with Crippen LogP contribution < -0.4 is 14.8 Å². The molecular formula is C23H28N2O4. The lowest BCUT2D eigenvalue weighted by molar-refractivity contribution is -0.129. The lowest BCUT2D eigenvalue weighted by Crippen LogP contribution is -2.34. The van der Waals surface area contributed by atoms with Crippen molar-refractivity contribution in [3.8, 4) is 11.5 Å². The van der Waals surface area contributed by atoms with E-state index in [0.717, 1.165) is 22.4 Å². The Hall–Kier alpha value is -3.28. The van der Waals surface area contributed by atoms with E-state index in [9.17, 15) is 9.59 Å². The molecule has 0 saturated carbocycles. The number of likely N-dealkylation sites (N-methyl/N-ethyl adjacent to an activating group) is 1. The van der Waals surface area contributed by atoms with Gasteiger partial charge in [-0.2, -0.15) is 0 Å². The predicted molar refractivity (Wildman–Crippen MR) is 115 cm³/mol. The van der Waals surface area contributed by atoms with Crippen LogP contribution >= 0.6 is 0 Å². The third kappa shape index (κ3) is 6.38. The molecule has 0 fully saturated rings. The number of nitrogens with zero attached hydrogens (tertiary/aromatic N) is 1. The molecule has 0 aromatic heterocycles. The first-order chi connectivity index (χ1) is 13.8. The molecule has 0 saturated heterocycles. The Labute approximate surface area is 172 Å². The van der Waals surface area contributed by atoms with Gasteiger partial charge in [-0.3, -0.25) is 9.59 Å². The number of rotatable bonds is 8. The first kappa shape index (κ1) is 22.0. The molecule has 29 heavy (non-hydrogen) atoms. The lowest BCUT2D eigenvalue weighted by atomic mass is 10.1. The van der Waals surface area contributed by atoms with Crippen molar-refractivity contribution in [3.63, 3.8) is 0 Å². The van der Waals surface area contributed by atoms with Gasteiger partial charge in [0.05, 0.1) is 20.3 Å². The largest absolute Gasteiger partial charge is 0.493 e. The molecule has 0 aliphatic heterocycles. The highest BCUT2D eigenvalue weighted by Crippen LogP contribution is 2.28. The van der Waals surface area contributed by atoms with Crippen LogP contribution in [0.15, 0.2) is 42.5 Å². The van der Waals surface area contributed by atoms with Crippen LogP contribution in [0.3, 0.4) is 0 Å². The summed E-state index contributed by atoms with van der Waals surface area (Å²) in [7, 11) is 3.16. The van der Waals surface area contributed by atoms with Crippen molar-refractivity contribution in [1.82, 2.24) is 4.90 Å². The highest BCUT2D eigenvalue weighted by molar-refractivity contribution is 5.98. The minimum Gasteiger partial charge on any atom is -0.493 e. The van der Waals surface area contributed by atoms with Crippen LogP contribution in [0.4, 0.5) is 5.69 Å². The van der Waals surface area contributed by atoms with Crippen molar-refractivity contribution < 1.29 is 19.1 Å². The van der Waals surface area contributed by atoms with Gasteiger partial charge < -0.3 is 19.7 Å². The van der Waals surface area contributed by atoms with E-state index in [1.54, 1.807) is 32.4 Å². The van der Waals surface area contributed by atoms with Gasteiger partial charge in [-0.05, 0) is 61.7 Å². The summed E-state index contributed by atoms with van der Waals surface area (Å²) in [6.07, 6.45) is 3.11. The second-order valence-electron chi connectivity index (χ2n) is 6.74. The molecule has 154 valence electrons. The van der Waals surface area contributed by atoms with Gasteiger partial charge in [-0.15, -0.1) is 0 Å². The first-order valence-corrected chi connectivity index (χ1v) is 9.45. The monoisotopic (exact) mass is 396 g/mol. The van der Waals surface area contributed by atoms with Gasteiger partial charge >= 0.3 is 0 Å². The van der Waals surface area contributed by atoms with Gasteiger partial charge in [0, 0.05) is 18.8 Å². The summed E-state index contributed by atoms with van der Waals surface area (Å²) in [5.41, 5.74) is 3.59. The van der Waals surface area contributed by atoms with Gasteiger partial charge in [-0.1, -0.05) is 18.2 Å². The van der Waals surface area contributed by atoms with Crippen molar-refractivity contribution in [2.24, 2.45) is 0 Å². The van der Waals surface area contributed by atoms with E-state index in [1.165, 1.54) is 11.0 Å². The molecule has 0 unspecified atom stereocenters. The Kier molecular flexibility index (Phi) is 7.83. The van der Waals surface area contributed by atoms with E-state index in [4.69, 9.17) is 9.47 Å². The van der Waals surface area contributed by atoms with Crippen molar-refractivity contribution in [1.29, 1.82) is 0 Å². The molecule has 2 aromatic rings. The van der Waals surface area contributed by atoms with E-state index in [0.29, 0.717) is 18.1 Å². The topological polar surface area (TPSA) is 67.9 Å². The number of ether oxygens (including phenoxy) is 2. The van der Waals surface area contributed by atoms with Gasteiger partial charge in [-0.25, -0.2) is 0 Å². The number of benzene rings is 2. The van der Waals surface area contributed by atoms with Crippen LogP contribution in [0, 0.1) is 13.8 Å². The number of nitrogens with one attached hydrogen (secondary N) is 1. The van der Waals surface area contributed by atoms with Crippen LogP contribution in [-0.2, 0) is 9.59 Å². The molecule has 0 radical (unpaired) electrons. The third-order valence-electron chi connectivity index (χ3n) is 4.33. The van der Waals surface area contributed by atoms with Crippen molar-refractivity contribution in [3.05, 3.63) is 59.2 Å². The third-order valence-corrected chi connectivity index (χ3v) is 4.33. The number of aryl methyl sites for hydroxylation is 2. The van der Waals surface area contributed by atoms with Gasteiger partial charge in [0.15, 0.2) is 11.5 Å². The number of amides is 2. The fourth-order valence-corrected chi connectivity index (χ4v) is 2.71. The van der Waals surface area contributed by atoms with Crippen LogP contribution in [0.25, 0.3) is 6.08 Å². The smallest absolute Gasteiger partial charge is 0.246 e. The zero-order valence-corrected chi connectivity index (χ0v) is 17.6. The number of anilines is 1. The molecule has 2 rings (SSSR count). The zero-order chi connectivity index (χ0) is 21.4. The van der Waals surface area contributed by atoms with Crippen LogP contribution in [0.2, 0.25) is 0 Å². The SMILES string of the molecule is CCOc1ccc(/C=C/C(=O)N(C)CC(=O)Nc2cc(C)ccc2C)cc1OC. The molecule has 0 aliphatic rings.